The van der Waals surface area contributed by atoms with Crippen LogP contribution in [0.15, 0.2) is 5.38 Å². The first-order chi connectivity index (χ1) is 7.69. The molecule has 0 spiro atoms. The van der Waals surface area contributed by atoms with Crippen LogP contribution < -0.4 is 5.32 Å². The molecule has 1 saturated heterocycles. The summed E-state index contributed by atoms with van der Waals surface area (Å²) in [5.74, 6) is 0. The van der Waals surface area contributed by atoms with E-state index in [-0.39, 0.29) is 0 Å². The zero-order valence-corrected chi connectivity index (χ0v) is 10.6. The molecule has 1 aromatic heterocycles. The monoisotopic (exact) mass is 243 g/mol. The largest absolute Gasteiger partial charge is 0.318 e. The number of alkyl halides is 1. The summed E-state index contributed by atoms with van der Waals surface area (Å²) >= 11 is 1.66. The van der Waals surface area contributed by atoms with Crippen molar-refractivity contribution in [2.75, 3.05) is 20.1 Å². The van der Waals surface area contributed by atoms with E-state index in [1.54, 1.807) is 11.3 Å². The van der Waals surface area contributed by atoms with Gasteiger partial charge in [-0.1, -0.05) is 0 Å². The molecule has 2 rings (SSSR count). The molecule has 2 heterocycles. The van der Waals surface area contributed by atoms with Gasteiger partial charge in [0.15, 0.2) is 0 Å². The van der Waals surface area contributed by atoms with Gasteiger partial charge in [0.25, 0.3) is 0 Å². The predicted molar refractivity (Wildman–Crippen MR) is 64.5 cm³/mol. The van der Waals surface area contributed by atoms with Crippen LogP contribution in [0.25, 0.3) is 0 Å². The molecule has 0 aliphatic carbocycles. The van der Waals surface area contributed by atoms with Gasteiger partial charge in [-0.05, 0) is 20.4 Å². The molecule has 1 fully saturated rings. The molecule has 0 saturated carbocycles. The average Bonchev–Trinajstić information content (AvgIpc) is 2.76. The van der Waals surface area contributed by atoms with Gasteiger partial charge in [-0.2, -0.15) is 0 Å². The lowest BCUT2D eigenvalue weighted by molar-refractivity contribution is 0.230. The molecule has 2 unspecified atom stereocenters. The van der Waals surface area contributed by atoms with Gasteiger partial charge in [-0.15, -0.1) is 11.3 Å². The number of likely N-dealkylation sites (tertiary alicyclic amines) is 1. The molecular formula is C11H18FN3S. The Morgan fingerprint density at radius 3 is 3.12 bits per heavy atom. The first-order valence-corrected chi connectivity index (χ1v) is 6.50. The summed E-state index contributed by atoms with van der Waals surface area (Å²) in [6.45, 7) is 4.17. The van der Waals surface area contributed by atoms with E-state index >= 15 is 0 Å². The van der Waals surface area contributed by atoms with Gasteiger partial charge >= 0.3 is 0 Å². The Balaban J connectivity index is 1.97. The lowest BCUT2D eigenvalue weighted by Crippen LogP contribution is -2.36. The van der Waals surface area contributed by atoms with Crippen LogP contribution in [0, 0.1) is 6.92 Å². The number of thiazole rings is 1. The van der Waals surface area contributed by atoms with E-state index in [1.165, 1.54) is 0 Å². The Hall–Kier alpha value is -0.520. The lowest BCUT2D eigenvalue weighted by Gasteiger charge is -2.22. The maximum Gasteiger partial charge on any atom is 0.114 e. The van der Waals surface area contributed by atoms with Gasteiger partial charge in [0, 0.05) is 31.1 Å². The molecule has 16 heavy (non-hydrogen) atoms. The Morgan fingerprint density at radius 1 is 1.69 bits per heavy atom. The Kier molecular flexibility index (Phi) is 3.89. The SMILES string of the molecule is CNCC1CC(F)CN1Cc1csc(C)n1. The highest BCUT2D eigenvalue weighted by molar-refractivity contribution is 7.09. The number of rotatable bonds is 4. The van der Waals surface area contributed by atoms with Crippen LogP contribution in [0.1, 0.15) is 17.1 Å². The van der Waals surface area contributed by atoms with Crippen molar-refractivity contribution in [1.82, 2.24) is 15.2 Å². The summed E-state index contributed by atoms with van der Waals surface area (Å²) in [4.78, 5) is 6.62. The third kappa shape index (κ3) is 2.78. The number of hydrogen-bond donors (Lipinski definition) is 1. The number of nitrogens with one attached hydrogen (secondary N) is 1. The summed E-state index contributed by atoms with van der Waals surface area (Å²) in [5.41, 5.74) is 1.07. The zero-order chi connectivity index (χ0) is 11.5. The molecular weight excluding hydrogens is 225 g/mol. The normalized spacial score (nSPS) is 26.4. The van der Waals surface area contributed by atoms with Crippen molar-refractivity contribution < 1.29 is 4.39 Å². The van der Waals surface area contributed by atoms with Crippen molar-refractivity contribution in [3.63, 3.8) is 0 Å². The van der Waals surface area contributed by atoms with Crippen molar-refractivity contribution in [3.05, 3.63) is 16.1 Å². The van der Waals surface area contributed by atoms with Gasteiger partial charge in [-0.25, -0.2) is 9.37 Å². The molecule has 1 aromatic rings. The van der Waals surface area contributed by atoms with E-state index in [1.807, 2.05) is 14.0 Å². The van der Waals surface area contributed by atoms with Crippen LogP contribution in [-0.2, 0) is 6.54 Å². The second kappa shape index (κ2) is 5.21. The number of aromatic nitrogens is 1. The first kappa shape index (κ1) is 12.0. The minimum Gasteiger partial charge on any atom is -0.318 e. The highest BCUT2D eigenvalue weighted by Gasteiger charge is 2.31. The number of nitrogens with zero attached hydrogens (tertiary/aromatic N) is 2. The highest BCUT2D eigenvalue weighted by atomic mass is 32.1. The molecule has 3 nitrogen and oxygen atoms in total. The maximum absolute atomic E-state index is 13.4. The van der Waals surface area contributed by atoms with Gasteiger partial charge in [0.1, 0.15) is 6.17 Å². The second-order valence-electron chi connectivity index (χ2n) is 4.33. The summed E-state index contributed by atoms with van der Waals surface area (Å²) in [6.07, 6.45) is -0.0395. The fraction of sp³-hybridized carbons (Fsp3) is 0.727. The molecule has 2 atom stereocenters. The first-order valence-electron chi connectivity index (χ1n) is 5.62. The van der Waals surface area contributed by atoms with Crippen LogP contribution >= 0.6 is 11.3 Å². The smallest absolute Gasteiger partial charge is 0.114 e. The fourth-order valence-electron chi connectivity index (χ4n) is 2.25. The van der Waals surface area contributed by atoms with Crippen LogP contribution in [0.3, 0.4) is 0 Å². The van der Waals surface area contributed by atoms with Crippen LogP contribution in [0.5, 0.6) is 0 Å². The summed E-state index contributed by atoms with van der Waals surface area (Å²) in [6, 6.07) is 0.307. The van der Waals surface area contributed by atoms with Gasteiger partial charge in [0.2, 0.25) is 0 Å². The quantitative estimate of drug-likeness (QED) is 0.870. The molecule has 1 aliphatic rings. The predicted octanol–water partition coefficient (Wildman–Crippen LogP) is 1.58. The lowest BCUT2D eigenvalue weighted by atomic mass is 10.2. The van der Waals surface area contributed by atoms with E-state index in [0.717, 1.165) is 23.8 Å². The van der Waals surface area contributed by atoms with Crippen LogP contribution in [0.4, 0.5) is 4.39 Å². The number of aryl methyl sites for hydroxylation is 1. The highest BCUT2D eigenvalue weighted by Crippen LogP contribution is 2.22. The maximum atomic E-state index is 13.4. The molecule has 90 valence electrons. The summed E-state index contributed by atoms with van der Waals surface area (Å²) in [5, 5.41) is 6.27. The molecule has 1 N–H and O–H groups in total. The van der Waals surface area contributed by atoms with Gasteiger partial charge in [-0.3, -0.25) is 4.90 Å². The van der Waals surface area contributed by atoms with E-state index in [4.69, 9.17) is 0 Å². The zero-order valence-electron chi connectivity index (χ0n) is 9.74. The Labute approximate surface area is 99.7 Å². The Bertz CT molecular complexity index is 342. The second-order valence-corrected chi connectivity index (χ2v) is 5.39. The minimum absolute atomic E-state index is 0.307. The van der Waals surface area contributed by atoms with E-state index in [9.17, 15) is 4.39 Å². The number of likely N-dealkylation sites (N-methyl/N-ethyl adjacent to an activating group) is 1. The molecule has 5 heteroatoms. The molecule has 0 bridgehead atoms. The van der Waals surface area contributed by atoms with Crippen molar-refractivity contribution in [2.45, 2.75) is 32.1 Å². The Morgan fingerprint density at radius 2 is 2.50 bits per heavy atom. The van der Waals surface area contributed by atoms with Crippen molar-refractivity contribution in [3.8, 4) is 0 Å². The third-order valence-corrected chi connectivity index (χ3v) is 3.77. The van der Waals surface area contributed by atoms with Crippen LogP contribution in [-0.4, -0.2) is 42.2 Å². The van der Waals surface area contributed by atoms with E-state index in [2.05, 4.69) is 20.6 Å². The standard InChI is InChI=1S/C11H18FN3S/c1-8-14-10(7-16-8)6-15-5-9(12)3-11(15)4-13-2/h7,9,11,13H,3-6H2,1-2H3. The molecule has 0 radical (unpaired) electrons. The van der Waals surface area contributed by atoms with Crippen LogP contribution in [0.2, 0.25) is 0 Å². The number of hydrogen-bond acceptors (Lipinski definition) is 4. The molecule has 0 aromatic carbocycles. The van der Waals surface area contributed by atoms with Gasteiger partial charge in [0.05, 0.1) is 10.7 Å². The number of halogens is 1. The topological polar surface area (TPSA) is 28.2 Å². The van der Waals surface area contributed by atoms with E-state index in [0.29, 0.717) is 19.0 Å². The van der Waals surface area contributed by atoms with Crippen molar-refractivity contribution >= 4 is 11.3 Å². The van der Waals surface area contributed by atoms with Crippen molar-refractivity contribution in [2.24, 2.45) is 0 Å². The summed E-state index contributed by atoms with van der Waals surface area (Å²) < 4.78 is 13.4. The average molecular weight is 243 g/mol. The summed E-state index contributed by atoms with van der Waals surface area (Å²) in [7, 11) is 1.91. The van der Waals surface area contributed by atoms with E-state index < -0.39 is 6.17 Å². The fourth-order valence-corrected chi connectivity index (χ4v) is 2.86. The third-order valence-electron chi connectivity index (χ3n) is 2.95. The molecule has 1 aliphatic heterocycles. The van der Waals surface area contributed by atoms with Crippen molar-refractivity contribution in [1.29, 1.82) is 0 Å². The minimum atomic E-state index is -0.682. The molecule has 0 amide bonds. The van der Waals surface area contributed by atoms with Gasteiger partial charge < -0.3 is 5.32 Å².